The number of phenols is 2. The van der Waals surface area contributed by atoms with Gasteiger partial charge in [-0.05, 0) is 43.5 Å². The van der Waals surface area contributed by atoms with Crippen LogP contribution in [0.4, 0.5) is 0 Å². The van der Waals surface area contributed by atoms with Gasteiger partial charge in [-0.1, -0.05) is 0 Å². The molecular weight excluding hydrogens is 432 g/mol. The lowest BCUT2D eigenvalue weighted by Gasteiger charge is -2.11. The number of carbonyl (C=O) groups is 3. The third-order valence-electron chi connectivity index (χ3n) is 4.61. The number of benzene rings is 2. The summed E-state index contributed by atoms with van der Waals surface area (Å²) < 4.78 is 15.0. The summed E-state index contributed by atoms with van der Waals surface area (Å²) in [7, 11) is 2.95. The molecule has 33 heavy (non-hydrogen) atoms. The van der Waals surface area contributed by atoms with E-state index in [0.29, 0.717) is 35.5 Å². The lowest BCUT2D eigenvalue weighted by atomic mass is 10.0. The van der Waals surface area contributed by atoms with Crippen molar-refractivity contribution in [3.05, 3.63) is 46.5 Å². The Kier molecular flexibility index (Phi) is 10.9. The first-order valence-electron chi connectivity index (χ1n) is 10.1. The molecule has 9 nitrogen and oxygen atoms in total. The molecule has 9 heteroatoms. The Morgan fingerprint density at radius 2 is 1.18 bits per heavy atom. The van der Waals surface area contributed by atoms with Crippen LogP contribution in [0.3, 0.4) is 0 Å². The van der Waals surface area contributed by atoms with Crippen LogP contribution >= 0.6 is 0 Å². The number of hydrogen-bond donors (Lipinski definition) is 3. The van der Waals surface area contributed by atoms with Crippen LogP contribution in [0.1, 0.15) is 52.6 Å². The van der Waals surface area contributed by atoms with E-state index < -0.39 is 0 Å². The largest absolute Gasteiger partial charge is 0.507 e. The van der Waals surface area contributed by atoms with Crippen molar-refractivity contribution in [2.75, 3.05) is 27.4 Å². The van der Waals surface area contributed by atoms with E-state index in [1.165, 1.54) is 47.1 Å². The molecule has 180 valence electrons. The molecule has 3 N–H and O–H groups in total. The summed E-state index contributed by atoms with van der Waals surface area (Å²) in [5.41, 5.74) is 1.90. The van der Waals surface area contributed by atoms with Crippen molar-refractivity contribution in [2.24, 2.45) is 0 Å². The number of hydrogen-bond acceptors (Lipinski definition) is 9. The molecule has 0 radical (unpaired) electrons. The van der Waals surface area contributed by atoms with Crippen LogP contribution in [0.25, 0.3) is 0 Å². The maximum Gasteiger partial charge on any atom is 0.302 e. The number of Topliss-reactive ketones (excluding diaryl/α,β-unsaturated/α-hetero) is 2. The Morgan fingerprint density at radius 1 is 0.758 bits per heavy atom. The fourth-order valence-corrected chi connectivity index (χ4v) is 2.99. The Balaban J connectivity index is 0.000000335. The summed E-state index contributed by atoms with van der Waals surface area (Å²) in [6.45, 7) is 4.25. The summed E-state index contributed by atoms with van der Waals surface area (Å²) in [5.74, 6) is -0.0782. The zero-order valence-electron chi connectivity index (χ0n) is 19.4. The Hall–Kier alpha value is -3.59. The van der Waals surface area contributed by atoms with E-state index in [1.807, 2.05) is 0 Å². The number of aliphatic hydroxyl groups excluding tert-OH is 1. The number of aliphatic hydroxyl groups is 1. The van der Waals surface area contributed by atoms with E-state index in [2.05, 4.69) is 0 Å². The van der Waals surface area contributed by atoms with Crippen LogP contribution < -0.4 is 9.47 Å². The van der Waals surface area contributed by atoms with Gasteiger partial charge in [-0.3, -0.25) is 14.4 Å². The summed E-state index contributed by atoms with van der Waals surface area (Å²) in [6.07, 6.45) is 0.813. The standard InChI is InChI=1S/C13H16O5.C11H14O4/c1-8(14)11-6-10(4-5-18-9(2)15)13(17-3)7-12(11)16;1-7(13)9-5-8(3-4-12)11(15-2)6-10(9)14/h6-7,16H,4-5H2,1-3H3;5-6,12,14H,3-4H2,1-2H3. The first kappa shape index (κ1) is 27.4. The van der Waals surface area contributed by atoms with E-state index in [9.17, 15) is 24.6 Å². The molecule has 0 aromatic heterocycles. The van der Waals surface area contributed by atoms with Crippen LogP contribution in [-0.2, 0) is 22.4 Å². The third-order valence-corrected chi connectivity index (χ3v) is 4.61. The molecule has 0 atom stereocenters. The molecule has 0 aliphatic heterocycles. The quantitative estimate of drug-likeness (QED) is 0.379. The molecule has 2 aromatic rings. The average Bonchev–Trinajstić information content (AvgIpc) is 2.75. The van der Waals surface area contributed by atoms with Gasteiger partial charge in [-0.25, -0.2) is 0 Å². The molecule has 0 bridgehead atoms. The lowest BCUT2D eigenvalue weighted by Crippen LogP contribution is -2.05. The van der Waals surface area contributed by atoms with Crippen LogP contribution in [-0.4, -0.2) is 60.3 Å². The molecule has 0 unspecified atom stereocenters. The number of methoxy groups -OCH3 is 2. The van der Waals surface area contributed by atoms with Gasteiger partial charge in [-0.15, -0.1) is 0 Å². The van der Waals surface area contributed by atoms with Gasteiger partial charge >= 0.3 is 5.97 Å². The van der Waals surface area contributed by atoms with Crippen molar-refractivity contribution in [1.82, 2.24) is 0 Å². The number of carbonyl (C=O) groups excluding carboxylic acids is 3. The third kappa shape index (κ3) is 8.12. The molecule has 0 aliphatic carbocycles. The van der Waals surface area contributed by atoms with E-state index in [4.69, 9.17) is 19.3 Å². The topological polar surface area (TPSA) is 140 Å². The predicted molar refractivity (Wildman–Crippen MR) is 120 cm³/mol. The second-order valence-corrected chi connectivity index (χ2v) is 7.04. The summed E-state index contributed by atoms with van der Waals surface area (Å²) in [6, 6.07) is 5.88. The minimum Gasteiger partial charge on any atom is -0.507 e. The maximum absolute atomic E-state index is 11.3. The van der Waals surface area contributed by atoms with Gasteiger partial charge in [0.1, 0.15) is 23.0 Å². The highest BCUT2D eigenvalue weighted by Crippen LogP contribution is 2.30. The molecular formula is C24H30O9. The summed E-state index contributed by atoms with van der Waals surface area (Å²) in [4.78, 5) is 33.1. The van der Waals surface area contributed by atoms with Gasteiger partial charge in [-0.2, -0.15) is 0 Å². The Bertz CT molecular complexity index is 996. The maximum atomic E-state index is 11.3. The minimum absolute atomic E-state index is 0.0293. The monoisotopic (exact) mass is 462 g/mol. The van der Waals surface area contributed by atoms with Gasteiger partial charge in [0.25, 0.3) is 0 Å². The van der Waals surface area contributed by atoms with E-state index in [1.54, 1.807) is 12.1 Å². The normalized spacial score (nSPS) is 10.0. The average molecular weight is 462 g/mol. The first-order chi connectivity index (χ1) is 15.5. The number of phenolic OH excluding ortho intramolecular Hbond substituents is 2. The number of ether oxygens (including phenoxy) is 3. The van der Waals surface area contributed by atoms with Gasteiger partial charge in [0.15, 0.2) is 11.6 Å². The van der Waals surface area contributed by atoms with Crippen LogP contribution in [0, 0.1) is 0 Å². The fourth-order valence-electron chi connectivity index (χ4n) is 2.99. The predicted octanol–water partition coefficient (Wildman–Crippen LogP) is 2.85. The minimum atomic E-state index is -0.362. The van der Waals surface area contributed by atoms with Crippen molar-refractivity contribution in [1.29, 1.82) is 0 Å². The molecule has 0 heterocycles. The van der Waals surface area contributed by atoms with Crippen LogP contribution in [0.5, 0.6) is 23.0 Å². The Morgan fingerprint density at radius 3 is 1.52 bits per heavy atom. The van der Waals surface area contributed by atoms with Gasteiger partial charge < -0.3 is 29.5 Å². The number of rotatable bonds is 9. The molecule has 0 saturated heterocycles. The zero-order valence-corrected chi connectivity index (χ0v) is 19.4. The molecule has 0 fully saturated rings. The summed E-state index contributed by atoms with van der Waals surface area (Å²) >= 11 is 0. The fraction of sp³-hybridized carbons (Fsp3) is 0.375. The summed E-state index contributed by atoms with van der Waals surface area (Å²) in [5, 5.41) is 28.0. The van der Waals surface area contributed by atoms with Crippen LogP contribution in [0.2, 0.25) is 0 Å². The Labute approximate surface area is 192 Å². The first-order valence-corrected chi connectivity index (χ1v) is 10.1. The van der Waals surface area contributed by atoms with Crippen molar-refractivity contribution in [2.45, 2.75) is 33.6 Å². The zero-order chi connectivity index (χ0) is 25.1. The molecule has 0 spiro atoms. The van der Waals surface area contributed by atoms with Crippen molar-refractivity contribution >= 4 is 17.5 Å². The number of esters is 1. The van der Waals surface area contributed by atoms with Gasteiger partial charge in [0.2, 0.25) is 0 Å². The highest BCUT2D eigenvalue weighted by molar-refractivity contribution is 5.97. The lowest BCUT2D eigenvalue weighted by molar-refractivity contribution is -0.140. The SMILES string of the molecule is COc1cc(O)c(C(C)=O)cc1CCO.COc1cc(O)c(C(C)=O)cc1CCOC(C)=O. The molecule has 0 amide bonds. The van der Waals surface area contributed by atoms with Crippen molar-refractivity contribution < 1.29 is 43.9 Å². The number of aromatic hydroxyl groups is 2. The molecule has 0 aliphatic rings. The van der Waals surface area contributed by atoms with E-state index in [0.717, 1.165) is 0 Å². The molecule has 0 saturated carbocycles. The second kappa shape index (κ2) is 13.1. The van der Waals surface area contributed by atoms with Crippen LogP contribution in [0.15, 0.2) is 24.3 Å². The van der Waals surface area contributed by atoms with Gasteiger partial charge in [0.05, 0.1) is 32.0 Å². The highest BCUT2D eigenvalue weighted by atomic mass is 16.5. The second-order valence-electron chi connectivity index (χ2n) is 7.04. The molecule has 2 aromatic carbocycles. The van der Waals surface area contributed by atoms with Crippen molar-refractivity contribution in [3.63, 3.8) is 0 Å². The number of ketones is 2. The van der Waals surface area contributed by atoms with Gasteiger partial charge in [0, 0.05) is 32.1 Å². The highest BCUT2D eigenvalue weighted by Gasteiger charge is 2.14. The smallest absolute Gasteiger partial charge is 0.302 e. The molecule has 2 rings (SSSR count). The van der Waals surface area contributed by atoms with E-state index >= 15 is 0 Å². The van der Waals surface area contributed by atoms with E-state index in [-0.39, 0.29) is 53.4 Å². The van der Waals surface area contributed by atoms with Crippen molar-refractivity contribution in [3.8, 4) is 23.0 Å².